The minimum atomic E-state index is 0.190. The van der Waals surface area contributed by atoms with Crippen molar-refractivity contribution in [3.05, 3.63) is 64.7 Å². The average molecular weight is 319 g/mol. The van der Waals surface area contributed by atoms with Gasteiger partial charge in [0, 0.05) is 0 Å². The summed E-state index contributed by atoms with van der Waals surface area (Å²) < 4.78 is 0. The maximum atomic E-state index is 6.21. The molecule has 2 aromatic rings. The van der Waals surface area contributed by atoms with Gasteiger partial charge < -0.3 is 10.6 Å². The van der Waals surface area contributed by atoms with Crippen molar-refractivity contribution in [2.45, 2.75) is 26.3 Å². The molecule has 0 bridgehead atoms. The van der Waals surface area contributed by atoms with Gasteiger partial charge in [0.1, 0.15) is 0 Å². The van der Waals surface area contributed by atoms with Gasteiger partial charge in [-0.05, 0) is 48.8 Å². The monoisotopic (exact) mass is 318 g/mol. The molecule has 0 saturated carbocycles. The molecule has 0 aliphatic carbocycles. The van der Waals surface area contributed by atoms with Gasteiger partial charge in [0.25, 0.3) is 0 Å². The molecule has 0 aliphatic rings. The molecule has 0 heterocycles. The second-order valence-electron chi connectivity index (χ2n) is 4.95. The van der Waals surface area contributed by atoms with E-state index in [1.165, 1.54) is 5.56 Å². The van der Waals surface area contributed by atoms with E-state index in [9.17, 15) is 0 Å². The Hall–Kier alpha value is -1.58. The van der Waals surface area contributed by atoms with Crippen molar-refractivity contribution in [2.24, 2.45) is 0 Å². The summed E-state index contributed by atoms with van der Waals surface area (Å²) in [6.07, 6.45) is 0.952. The van der Waals surface area contributed by atoms with Gasteiger partial charge in [-0.1, -0.05) is 54.9 Å². The summed E-state index contributed by atoms with van der Waals surface area (Å²) in [6, 6.07) is 16.3. The number of aryl methyl sites for hydroxylation is 1. The van der Waals surface area contributed by atoms with E-state index < -0.39 is 0 Å². The number of hydrogen-bond donors (Lipinski definition) is 2. The number of rotatable bonds is 4. The molecule has 2 nitrogen and oxygen atoms in total. The van der Waals surface area contributed by atoms with E-state index >= 15 is 0 Å². The van der Waals surface area contributed by atoms with E-state index in [2.05, 4.69) is 29.7 Å². The highest BCUT2D eigenvalue weighted by Crippen LogP contribution is 2.23. The van der Waals surface area contributed by atoms with Gasteiger partial charge in [-0.3, -0.25) is 0 Å². The lowest BCUT2D eigenvalue weighted by molar-refractivity contribution is 0.629. The minimum Gasteiger partial charge on any atom is -0.356 e. The first-order valence-corrected chi connectivity index (χ1v) is 7.77. The molecule has 0 saturated heterocycles. The summed E-state index contributed by atoms with van der Waals surface area (Å²) >= 11 is 11.6. The molecule has 0 aliphatic heterocycles. The van der Waals surface area contributed by atoms with Gasteiger partial charge in [0.2, 0.25) is 0 Å². The third-order valence-electron chi connectivity index (χ3n) is 3.29. The molecule has 1 unspecified atom stereocenters. The first kappa shape index (κ1) is 15.8. The number of benzene rings is 2. The Morgan fingerprint density at radius 2 is 1.90 bits per heavy atom. The van der Waals surface area contributed by atoms with Crippen LogP contribution in [-0.4, -0.2) is 5.11 Å². The summed E-state index contributed by atoms with van der Waals surface area (Å²) in [4.78, 5) is 0. The molecule has 4 heteroatoms. The van der Waals surface area contributed by atoms with Gasteiger partial charge in [0.15, 0.2) is 5.11 Å². The molecule has 2 rings (SSSR count). The molecular formula is C17H19ClN2S. The maximum Gasteiger partial charge on any atom is 0.171 e. The second-order valence-corrected chi connectivity index (χ2v) is 5.77. The Bertz CT molecular complexity index is 613. The topological polar surface area (TPSA) is 24.1 Å². The zero-order chi connectivity index (χ0) is 15.2. The largest absolute Gasteiger partial charge is 0.356 e. The molecule has 1 atom stereocenters. The molecule has 2 aromatic carbocycles. The van der Waals surface area contributed by atoms with Crippen LogP contribution in [0, 0.1) is 6.92 Å². The lowest BCUT2D eigenvalue weighted by Gasteiger charge is -2.20. The molecule has 21 heavy (non-hydrogen) atoms. The Morgan fingerprint density at radius 3 is 2.52 bits per heavy atom. The van der Waals surface area contributed by atoms with Crippen molar-refractivity contribution in [1.82, 2.24) is 5.32 Å². The highest BCUT2D eigenvalue weighted by atomic mass is 35.5. The fourth-order valence-corrected chi connectivity index (χ4v) is 2.68. The zero-order valence-electron chi connectivity index (χ0n) is 12.2. The van der Waals surface area contributed by atoms with Gasteiger partial charge in [-0.15, -0.1) is 0 Å². The highest BCUT2D eigenvalue weighted by molar-refractivity contribution is 7.80. The van der Waals surface area contributed by atoms with Crippen molar-refractivity contribution in [1.29, 1.82) is 0 Å². The highest BCUT2D eigenvalue weighted by Gasteiger charge is 2.11. The molecule has 2 N–H and O–H groups in total. The Kier molecular flexibility index (Phi) is 5.59. The van der Waals surface area contributed by atoms with Crippen LogP contribution < -0.4 is 10.6 Å². The third kappa shape index (κ3) is 4.45. The SMILES string of the molecule is CCC(NC(=S)Nc1ccc(C)cc1Cl)c1ccccc1. The maximum absolute atomic E-state index is 6.21. The number of hydrogen-bond acceptors (Lipinski definition) is 1. The first-order chi connectivity index (χ1) is 10.1. The van der Waals surface area contributed by atoms with Crippen molar-refractivity contribution < 1.29 is 0 Å². The lowest BCUT2D eigenvalue weighted by atomic mass is 10.1. The molecule has 0 aromatic heterocycles. The molecule has 0 amide bonds. The Balaban J connectivity index is 2.03. The number of anilines is 1. The predicted octanol–water partition coefficient (Wildman–Crippen LogP) is 5.09. The van der Waals surface area contributed by atoms with Crippen molar-refractivity contribution >= 4 is 34.6 Å². The first-order valence-electron chi connectivity index (χ1n) is 6.98. The lowest BCUT2D eigenvalue weighted by Crippen LogP contribution is -2.32. The number of thiocarbonyl (C=S) groups is 1. The average Bonchev–Trinajstić information content (AvgIpc) is 2.48. The van der Waals surface area contributed by atoms with E-state index in [-0.39, 0.29) is 6.04 Å². The molecule has 0 spiro atoms. The van der Waals surface area contributed by atoms with Crippen LogP contribution in [0.1, 0.15) is 30.5 Å². The van der Waals surface area contributed by atoms with Crippen LogP contribution in [0.4, 0.5) is 5.69 Å². The summed E-state index contributed by atoms with van der Waals surface area (Å²) in [6.45, 7) is 4.14. The van der Waals surface area contributed by atoms with E-state index in [1.807, 2.05) is 43.3 Å². The molecule has 0 fully saturated rings. The van der Waals surface area contributed by atoms with E-state index in [0.717, 1.165) is 17.7 Å². The van der Waals surface area contributed by atoms with Crippen LogP contribution in [0.3, 0.4) is 0 Å². The summed E-state index contributed by atoms with van der Waals surface area (Å²) in [7, 11) is 0. The van der Waals surface area contributed by atoms with Crippen LogP contribution in [0.25, 0.3) is 0 Å². The van der Waals surface area contributed by atoms with E-state index in [0.29, 0.717) is 10.1 Å². The smallest absolute Gasteiger partial charge is 0.171 e. The summed E-state index contributed by atoms with van der Waals surface area (Å²) in [5.41, 5.74) is 3.17. The van der Waals surface area contributed by atoms with Gasteiger partial charge >= 0.3 is 0 Å². The standard InChI is InChI=1S/C17H19ClN2S/c1-3-15(13-7-5-4-6-8-13)19-17(21)20-16-10-9-12(2)11-14(16)18/h4-11,15H,3H2,1-2H3,(H2,19,20,21). The normalized spacial score (nSPS) is 11.8. The van der Waals surface area contributed by atoms with E-state index in [4.69, 9.17) is 23.8 Å². The predicted molar refractivity (Wildman–Crippen MR) is 95.0 cm³/mol. The van der Waals surface area contributed by atoms with Crippen LogP contribution in [0.2, 0.25) is 5.02 Å². The minimum absolute atomic E-state index is 0.190. The van der Waals surface area contributed by atoms with Gasteiger partial charge in [-0.2, -0.15) is 0 Å². The van der Waals surface area contributed by atoms with Gasteiger partial charge in [-0.25, -0.2) is 0 Å². The van der Waals surface area contributed by atoms with Crippen LogP contribution in [-0.2, 0) is 0 Å². The third-order valence-corrected chi connectivity index (χ3v) is 3.82. The Labute approximate surface area is 136 Å². The van der Waals surface area contributed by atoms with Crippen LogP contribution >= 0.6 is 23.8 Å². The number of nitrogens with one attached hydrogen (secondary N) is 2. The van der Waals surface area contributed by atoms with Crippen molar-refractivity contribution in [2.75, 3.05) is 5.32 Å². The molecular weight excluding hydrogens is 300 g/mol. The number of halogens is 1. The quantitative estimate of drug-likeness (QED) is 0.768. The molecule has 0 radical (unpaired) electrons. The van der Waals surface area contributed by atoms with Gasteiger partial charge in [0.05, 0.1) is 16.8 Å². The molecule has 110 valence electrons. The summed E-state index contributed by atoms with van der Waals surface area (Å²) in [5.74, 6) is 0. The van der Waals surface area contributed by atoms with E-state index in [1.54, 1.807) is 0 Å². The van der Waals surface area contributed by atoms with Crippen LogP contribution in [0.5, 0.6) is 0 Å². The fraction of sp³-hybridized carbons (Fsp3) is 0.235. The fourth-order valence-electron chi connectivity index (χ4n) is 2.14. The summed E-state index contributed by atoms with van der Waals surface area (Å²) in [5, 5.41) is 7.75. The van der Waals surface area contributed by atoms with Crippen molar-refractivity contribution in [3.63, 3.8) is 0 Å². The van der Waals surface area contributed by atoms with Crippen molar-refractivity contribution in [3.8, 4) is 0 Å². The zero-order valence-corrected chi connectivity index (χ0v) is 13.8. The Morgan fingerprint density at radius 1 is 1.19 bits per heavy atom. The second kappa shape index (κ2) is 7.43. The van der Waals surface area contributed by atoms with Crippen LogP contribution in [0.15, 0.2) is 48.5 Å².